The maximum absolute atomic E-state index is 11.7. The van der Waals surface area contributed by atoms with Gasteiger partial charge in [-0.1, -0.05) is 38.1 Å². The molecule has 0 unspecified atom stereocenters. The molecule has 24 heavy (non-hydrogen) atoms. The third kappa shape index (κ3) is 3.70. The fraction of sp³-hybridized carbons (Fsp3) is 0.350. The molecule has 3 heterocycles. The number of carbonyl (C=O) groups is 1. The summed E-state index contributed by atoms with van der Waals surface area (Å²) >= 11 is 0. The number of benzene rings is 2. The highest BCUT2D eigenvalue weighted by molar-refractivity contribution is 5.63. The van der Waals surface area contributed by atoms with E-state index in [1.165, 1.54) is 5.56 Å². The summed E-state index contributed by atoms with van der Waals surface area (Å²) in [6, 6.07) is 15.8. The van der Waals surface area contributed by atoms with Crippen LogP contribution >= 0.6 is 0 Å². The molecular weight excluding hydrogens is 304 g/mol. The molecule has 0 radical (unpaired) electrons. The van der Waals surface area contributed by atoms with Crippen LogP contribution in [0.1, 0.15) is 37.8 Å². The molecule has 2 aromatic rings. The van der Waals surface area contributed by atoms with Crippen molar-refractivity contribution in [1.29, 1.82) is 0 Å². The van der Waals surface area contributed by atoms with E-state index in [2.05, 4.69) is 26.0 Å². The molecule has 126 valence electrons. The van der Waals surface area contributed by atoms with E-state index >= 15 is 0 Å². The normalized spacial score (nSPS) is 17.5. The summed E-state index contributed by atoms with van der Waals surface area (Å²) in [4.78, 5) is 11.7. The van der Waals surface area contributed by atoms with Crippen molar-refractivity contribution < 1.29 is 19.0 Å². The second-order valence-corrected chi connectivity index (χ2v) is 6.43. The standard InChI is InChI=1S/C20H22O4/c1-20(2)15-5-9-17(10-6-15)22-13-3-4-14-23-19(21)24-18-11-7-16(20)8-12-18/h5-12H,3-4,13-14H2,1-2H3. The highest BCUT2D eigenvalue weighted by Gasteiger charge is 2.23. The molecule has 0 fully saturated rings. The monoisotopic (exact) mass is 326 g/mol. The first-order valence-corrected chi connectivity index (χ1v) is 8.24. The molecular formula is C20H22O4. The summed E-state index contributed by atoms with van der Waals surface area (Å²) in [5.74, 6) is 1.34. The first-order valence-electron chi connectivity index (χ1n) is 8.24. The van der Waals surface area contributed by atoms with E-state index in [1.807, 2.05) is 24.3 Å². The first-order chi connectivity index (χ1) is 11.6. The van der Waals surface area contributed by atoms with Crippen molar-refractivity contribution in [3.63, 3.8) is 0 Å². The van der Waals surface area contributed by atoms with E-state index in [4.69, 9.17) is 14.2 Å². The second-order valence-electron chi connectivity index (χ2n) is 6.43. The van der Waals surface area contributed by atoms with Gasteiger partial charge in [0.15, 0.2) is 0 Å². The van der Waals surface area contributed by atoms with Gasteiger partial charge in [0.25, 0.3) is 0 Å². The van der Waals surface area contributed by atoms with E-state index in [9.17, 15) is 4.79 Å². The number of ether oxygens (including phenoxy) is 3. The molecule has 0 N–H and O–H groups in total. The van der Waals surface area contributed by atoms with Crippen LogP contribution in [-0.2, 0) is 10.2 Å². The molecule has 0 atom stereocenters. The molecule has 0 amide bonds. The van der Waals surface area contributed by atoms with Crippen LogP contribution in [0.2, 0.25) is 0 Å². The topological polar surface area (TPSA) is 44.8 Å². The Kier molecular flexibility index (Phi) is 4.74. The lowest BCUT2D eigenvalue weighted by molar-refractivity contribution is 0.0961. The maximum atomic E-state index is 11.7. The lowest BCUT2D eigenvalue weighted by atomic mass is 9.78. The average Bonchev–Trinajstić information content (AvgIpc) is 2.58. The van der Waals surface area contributed by atoms with Crippen molar-refractivity contribution in [3.05, 3.63) is 59.7 Å². The van der Waals surface area contributed by atoms with Gasteiger partial charge in [0.1, 0.15) is 11.5 Å². The van der Waals surface area contributed by atoms with Crippen LogP contribution in [-0.4, -0.2) is 19.4 Å². The molecule has 3 aliphatic heterocycles. The van der Waals surface area contributed by atoms with Crippen molar-refractivity contribution >= 4 is 6.16 Å². The maximum Gasteiger partial charge on any atom is 0.513 e. The summed E-state index contributed by atoms with van der Waals surface area (Å²) in [7, 11) is 0. The molecule has 2 aromatic carbocycles. The molecule has 0 spiro atoms. The van der Waals surface area contributed by atoms with Gasteiger partial charge in [-0.25, -0.2) is 4.79 Å². The Balaban J connectivity index is 1.91. The molecule has 0 aromatic heterocycles. The Bertz CT molecular complexity index is 687. The number of hydrogen-bond donors (Lipinski definition) is 0. The van der Waals surface area contributed by atoms with Gasteiger partial charge in [0.05, 0.1) is 13.2 Å². The quantitative estimate of drug-likeness (QED) is 0.520. The van der Waals surface area contributed by atoms with Gasteiger partial charge >= 0.3 is 6.16 Å². The van der Waals surface area contributed by atoms with E-state index < -0.39 is 6.16 Å². The van der Waals surface area contributed by atoms with Gasteiger partial charge < -0.3 is 14.2 Å². The van der Waals surface area contributed by atoms with E-state index in [-0.39, 0.29) is 5.41 Å². The third-order valence-electron chi connectivity index (χ3n) is 4.38. The summed E-state index contributed by atoms with van der Waals surface area (Å²) < 4.78 is 16.0. The zero-order valence-corrected chi connectivity index (χ0v) is 14.1. The minimum atomic E-state index is -0.667. The molecule has 4 heteroatoms. The third-order valence-corrected chi connectivity index (χ3v) is 4.38. The molecule has 0 saturated carbocycles. The van der Waals surface area contributed by atoms with E-state index in [0.717, 1.165) is 24.2 Å². The zero-order valence-electron chi connectivity index (χ0n) is 14.1. The van der Waals surface area contributed by atoms with Gasteiger partial charge in [0.2, 0.25) is 0 Å². The Morgan fingerprint density at radius 3 is 1.83 bits per heavy atom. The largest absolute Gasteiger partial charge is 0.513 e. The molecule has 4 bridgehead atoms. The lowest BCUT2D eigenvalue weighted by Crippen LogP contribution is -2.18. The predicted octanol–water partition coefficient (Wildman–Crippen LogP) is 4.70. The zero-order chi connectivity index (χ0) is 17.0. The molecule has 3 aliphatic rings. The molecule has 0 aliphatic carbocycles. The van der Waals surface area contributed by atoms with Crippen LogP contribution in [0.4, 0.5) is 4.79 Å². The molecule has 5 rings (SSSR count). The van der Waals surface area contributed by atoms with Crippen LogP contribution < -0.4 is 9.47 Å². The number of rotatable bonds is 0. The fourth-order valence-corrected chi connectivity index (χ4v) is 2.75. The first kappa shape index (κ1) is 16.4. The van der Waals surface area contributed by atoms with Crippen LogP contribution in [0.15, 0.2) is 48.5 Å². The predicted molar refractivity (Wildman–Crippen MR) is 91.7 cm³/mol. The molecule has 0 saturated heterocycles. The van der Waals surface area contributed by atoms with Crippen LogP contribution in [0.5, 0.6) is 11.5 Å². The highest BCUT2D eigenvalue weighted by Crippen LogP contribution is 2.33. The Hall–Kier alpha value is -2.49. The SMILES string of the molecule is CC1(C)c2ccc(cc2)OCCCCOC(=O)Oc2ccc1cc2. The molecule has 4 nitrogen and oxygen atoms in total. The minimum Gasteiger partial charge on any atom is -0.494 e. The van der Waals surface area contributed by atoms with Crippen molar-refractivity contribution in [1.82, 2.24) is 0 Å². The number of hydrogen-bond acceptors (Lipinski definition) is 4. The lowest BCUT2D eigenvalue weighted by Gasteiger charge is -2.26. The van der Waals surface area contributed by atoms with Gasteiger partial charge in [-0.2, -0.15) is 0 Å². The number of fused-ring (bicyclic) bond motifs is 2. The van der Waals surface area contributed by atoms with Gasteiger partial charge in [-0.3, -0.25) is 0 Å². The van der Waals surface area contributed by atoms with Crippen LogP contribution in [0.3, 0.4) is 0 Å². The summed E-state index contributed by atoms with van der Waals surface area (Å²) in [6.07, 6.45) is 0.882. The Morgan fingerprint density at radius 2 is 1.25 bits per heavy atom. The minimum absolute atomic E-state index is 0.161. The Morgan fingerprint density at radius 1 is 0.750 bits per heavy atom. The van der Waals surface area contributed by atoms with Crippen molar-refractivity contribution in [2.24, 2.45) is 0 Å². The Labute approximate surface area is 142 Å². The smallest absolute Gasteiger partial charge is 0.494 e. The fourth-order valence-electron chi connectivity index (χ4n) is 2.75. The van der Waals surface area contributed by atoms with Crippen molar-refractivity contribution in [3.8, 4) is 11.5 Å². The number of carbonyl (C=O) groups excluding carboxylic acids is 1. The van der Waals surface area contributed by atoms with Crippen LogP contribution in [0, 0.1) is 0 Å². The summed E-state index contributed by atoms with van der Waals surface area (Å²) in [5.41, 5.74) is 2.18. The van der Waals surface area contributed by atoms with Crippen molar-refractivity contribution in [2.75, 3.05) is 13.2 Å². The van der Waals surface area contributed by atoms with Crippen molar-refractivity contribution in [2.45, 2.75) is 32.1 Å². The average molecular weight is 326 g/mol. The van der Waals surface area contributed by atoms with E-state index in [1.54, 1.807) is 12.1 Å². The van der Waals surface area contributed by atoms with Gasteiger partial charge in [-0.15, -0.1) is 0 Å². The van der Waals surface area contributed by atoms with E-state index in [0.29, 0.717) is 19.0 Å². The summed E-state index contributed by atoms with van der Waals surface area (Å²) in [5, 5.41) is 0. The van der Waals surface area contributed by atoms with Gasteiger partial charge in [-0.05, 0) is 48.2 Å². The summed E-state index contributed by atoms with van der Waals surface area (Å²) in [6.45, 7) is 5.26. The second kappa shape index (κ2) is 6.95. The van der Waals surface area contributed by atoms with Crippen LogP contribution in [0.25, 0.3) is 0 Å². The van der Waals surface area contributed by atoms with Gasteiger partial charge in [0, 0.05) is 5.41 Å². The highest BCUT2D eigenvalue weighted by atomic mass is 16.7.